The smallest absolute Gasteiger partial charge is 0.321 e. The minimum atomic E-state index is -3.81. The Morgan fingerprint density at radius 1 is 1.35 bits per heavy atom. The summed E-state index contributed by atoms with van der Waals surface area (Å²) in [5, 5.41) is 9.11. The van der Waals surface area contributed by atoms with E-state index in [-0.39, 0.29) is 17.2 Å². The number of nitrogens with one attached hydrogen (secondary N) is 1. The van der Waals surface area contributed by atoms with Crippen LogP contribution in [0.3, 0.4) is 0 Å². The van der Waals surface area contributed by atoms with E-state index in [0.29, 0.717) is 0 Å². The van der Waals surface area contributed by atoms with Crippen molar-refractivity contribution in [2.75, 3.05) is 0 Å². The van der Waals surface area contributed by atoms with Gasteiger partial charge >= 0.3 is 5.97 Å². The summed E-state index contributed by atoms with van der Waals surface area (Å²) in [5.41, 5.74) is 0.892. The number of hydrogen-bond donors (Lipinski definition) is 2. The minimum Gasteiger partial charge on any atom is -0.480 e. The first-order chi connectivity index (χ1) is 9.26. The second-order valence-electron chi connectivity index (χ2n) is 5.14. The lowest BCUT2D eigenvalue weighted by Crippen LogP contribution is -2.41. The van der Waals surface area contributed by atoms with Gasteiger partial charge in [-0.25, -0.2) is 8.42 Å². The zero-order valence-electron chi connectivity index (χ0n) is 12.0. The van der Waals surface area contributed by atoms with Crippen molar-refractivity contribution in [1.82, 2.24) is 4.72 Å². The Bertz CT molecular complexity index is 566. The molecule has 0 fully saturated rings. The third-order valence-corrected chi connectivity index (χ3v) is 4.39. The second-order valence-corrected chi connectivity index (χ2v) is 6.86. The zero-order chi connectivity index (χ0) is 15.3. The standard InChI is InChI=1S/C14H21NO4S/c1-4-11-6-5-7-12(9-11)20(18,19)15-13(14(16)17)8-10(2)3/h5-7,9-10,13,15H,4,8H2,1-3H3,(H,16,17). The third kappa shape index (κ3) is 4.61. The molecular formula is C14H21NO4S. The van der Waals surface area contributed by atoms with Crippen LogP contribution in [0.4, 0.5) is 0 Å². The van der Waals surface area contributed by atoms with Crippen LogP contribution in [0.15, 0.2) is 29.2 Å². The molecule has 0 saturated heterocycles. The number of aliphatic carboxylic acids is 1. The lowest BCUT2D eigenvalue weighted by molar-refractivity contribution is -0.139. The van der Waals surface area contributed by atoms with Crippen LogP contribution in [0.1, 0.15) is 32.8 Å². The molecule has 0 aromatic heterocycles. The quantitative estimate of drug-likeness (QED) is 0.807. The van der Waals surface area contributed by atoms with Crippen molar-refractivity contribution in [3.05, 3.63) is 29.8 Å². The number of rotatable bonds is 7. The van der Waals surface area contributed by atoms with Gasteiger partial charge < -0.3 is 5.11 Å². The highest BCUT2D eigenvalue weighted by Crippen LogP contribution is 2.14. The minimum absolute atomic E-state index is 0.0841. The molecule has 112 valence electrons. The molecule has 1 unspecified atom stereocenters. The molecular weight excluding hydrogens is 278 g/mol. The van der Waals surface area contributed by atoms with E-state index in [0.717, 1.165) is 12.0 Å². The first-order valence-corrected chi connectivity index (χ1v) is 8.08. The van der Waals surface area contributed by atoms with Gasteiger partial charge in [0.15, 0.2) is 0 Å². The third-order valence-electron chi connectivity index (χ3n) is 2.92. The maximum atomic E-state index is 12.2. The van der Waals surface area contributed by atoms with Crippen LogP contribution in [0.2, 0.25) is 0 Å². The Balaban J connectivity index is 3.00. The van der Waals surface area contributed by atoms with Crippen molar-refractivity contribution >= 4 is 16.0 Å². The van der Waals surface area contributed by atoms with Gasteiger partial charge in [-0.2, -0.15) is 4.72 Å². The van der Waals surface area contributed by atoms with E-state index in [1.165, 1.54) is 6.07 Å². The summed E-state index contributed by atoms with van der Waals surface area (Å²) in [6.07, 6.45) is 0.972. The van der Waals surface area contributed by atoms with Crippen LogP contribution in [-0.2, 0) is 21.2 Å². The molecule has 0 heterocycles. The Hall–Kier alpha value is -1.40. The van der Waals surface area contributed by atoms with Gasteiger partial charge in [0.05, 0.1) is 4.90 Å². The van der Waals surface area contributed by atoms with Gasteiger partial charge in [0, 0.05) is 0 Å². The van der Waals surface area contributed by atoms with Gasteiger partial charge in [0.1, 0.15) is 6.04 Å². The second kappa shape index (κ2) is 6.85. The SMILES string of the molecule is CCc1cccc(S(=O)(=O)NC(CC(C)C)C(=O)O)c1. The van der Waals surface area contributed by atoms with Gasteiger partial charge in [0.25, 0.3) is 0 Å². The first-order valence-electron chi connectivity index (χ1n) is 6.60. The largest absolute Gasteiger partial charge is 0.480 e. The molecule has 1 atom stereocenters. The molecule has 0 bridgehead atoms. The molecule has 0 saturated carbocycles. The summed E-state index contributed by atoms with van der Waals surface area (Å²) in [4.78, 5) is 11.2. The van der Waals surface area contributed by atoms with Crippen LogP contribution in [0, 0.1) is 5.92 Å². The van der Waals surface area contributed by atoms with E-state index in [9.17, 15) is 13.2 Å². The van der Waals surface area contributed by atoms with Gasteiger partial charge in [-0.1, -0.05) is 32.9 Å². The molecule has 20 heavy (non-hydrogen) atoms. The Morgan fingerprint density at radius 2 is 2.00 bits per heavy atom. The number of hydrogen-bond acceptors (Lipinski definition) is 3. The Kier molecular flexibility index (Phi) is 5.71. The molecule has 0 aliphatic rings. The summed E-state index contributed by atoms with van der Waals surface area (Å²) >= 11 is 0. The van der Waals surface area contributed by atoms with E-state index in [2.05, 4.69) is 4.72 Å². The Labute approximate surface area is 120 Å². The summed E-state index contributed by atoms with van der Waals surface area (Å²) in [6, 6.07) is 5.42. The summed E-state index contributed by atoms with van der Waals surface area (Å²) < 4.78 is 26.7. The maximum Gasteiger partial charge on any atom is 0.321 e. The predicted octanol–water partition coefficient (Wildman–Crippen LogP) is 2.03. The van der Waals surface area contributed by atoms with Crippen molar-refractivity contribution in [2.24, 2.45) is 5.92 Å². The molecule has 0 amide bonds. The molecule has 5 nitrogen and oxygen atoms in total. The summed E-state index contributed by atoms with van der Waals surface area (Å²) in [7, 11) is -3.81. The zero-order valence-corrected chi connectivity index (χ0v) is 12.8. The first kappa shape index (κ1) is 16.7. The van der Waals surface area contributed by atoms with Crippen molar-refractivity contribution in [2.45, 2.75) is 44.6 Å². The molecule has 0 radical (unpaired) electrons. The van der Waals surface area contributed by atoms with E-state index in [4.69, 9.17) is 5.11 Å². The molecule has 2 N–H and O–H groups in total. The van der Waals surface area contributed by atoms with Crippen molar-refractivity contribution < 1.29 is 18.3 Å². The van der Waals surface area contributed by atoms with E-state index >= 15 is 0 Å². The number of carboxylic acid groups (broad SMARTS) is 1. The monoisotopic (exact) mass is 299 g/mol. The van der Waals surface area contributed by atoms with Gasteiger partial charge in [-0.15, -0.1) is 0 Å². The van der Waals surface area contributed by atoms with E-state index in [1.807, 2.05) is 26.8 Å². The number of aryl methyl sites for hydroxylation is 1. The van der Waals surface area contributed by atoms with E-state index in [1.54, 1.807) is 12.1 Å². The molecule has 1 aromatic rings. The number of sulfonamides is 1. The molecule has 0 spiro atoms. The molecule has 6 heteroatoms. The van der Waals surface area contributed by atoms with E-state index < -0.39 is 22.0 Å². The fourth-order valence-electron chi connectivity index (χ4n) is 1.86. The Morgan fingerprint density at radius 3 is 2.50 bits per heavy atom. The highest BCUT2D eigenvalue weighted by molar-refractivity contribution is 7.89. The van der Waals surface area contributed by atoms with Crippen LogP contribution >= 0.6 is 0 Å². The van der Waals surface area contributed by atoms with Gasteiger partial charge in [0.2, 0.25) is 10.0 Å². The maximum absolute atomic E-state index is 12.2. The summed E-state index contributed by atoms with van der Waals surface area (Å²) in [5.74, 6) is -1.07. The topological polar surface area (TPSA) is 83.5 Å². The fourth-order valence-corrected chi connectivity index (χ4v) is 3.13. The normalized spacial score (nSPS) is 13.4. The van der Waals surface area contributed by atoms with Crippen molar-refractivity contribution in [3.63, 3.8) is 0 Å². The van der Waals surface area contributed by atoms with Gasteiger partial charge in [-0.3, -0.25) is 4.79 Å². The van der Waals surface area contributed by atoms with Crippen molar-refractivity contribution in [1.29, 1.82) is 0 Å². The van der Waals surface area contributed by atoms with Crippen LogP contribution in [0.25, 0.3) is 0 Å². The van der Waals surface area contributed by atoms with Crippen LogP contribution in [-0.4, -0.2) is 25.5 Å². The molecule has 0 aliphatic carbocycles. The fraction of sp³-hybridized carbons (Fsp3) is 0.500. The highest BCUT2D eigenvalue weighted by atomic mass is 32.2. The van der Waals surface area contributed by atoms with Crippen molar-refractivity contribution in [3.8, 4) is 0 Å². The average molecular weight is 299 g/mol. The highest BCUT2D eigenvalue weighted by Gasteiger charge is 2.26. The summed E-state index contributed by atoms with van der Waals surface area (Å²) in [6.45, 7) is 5.63. The molecule has 1 rings (SSSR count). The number of benzene rings is 1. The lowest BCUT2D eigenvalue weighted by Gasteiger charge is -2.16. The number of carboxylic acids is 1. The van der Waals surface area contributed by atoms with Gasteiger partial charge in [-0.05, 0) is 36.5 Å². The molecule has 1 aromatic carbocycles. The molecule has 0 aliphatic heterocycles. The predicted molar refractivity (Wildman–Crippen MR) is 77.0 cm³/mol. The number of carbonyl (C=O) groups is 1. The van der Waals surface area contributed by atoms with Crippen LogP contribution in [0.5, 0.6) is 0 Å². The van der Waals surface area contributed by atoms with Crippen LogP contribution < -0.4 is 4.72 Å². The average Bonchev–Trinajstić information content (AvgIpc) is 2.37. The lowest BCUT2D eigenvalue weighted by atomic mass is 10.1.